The molecule has 144 valence electrons. The zero-order valence-electron chi connectivity index (χ0n) is 15.4. The lowest BCUT2D eigenvalue weighted by Gasteiger charge is -2.06. The minimum Gasteiger partial charge on any atom is -0.365 e. The number of amides is 1. The topological polar surface area (TPSA) is 96.2 Å². The number of rotatable bonds is 6. The van der Waals surface area contributed by atoms with Gasteiger partial charge in [-0.1, -0.05) is 77.2 Å². The van der Waals surface area contributed by atoms with Crippen molar-refractivity contribution in [3.05, 3.63) is 83.4 Å². The summed E-state index contributed by atoms with van der Waals surface area (Å²) in [5.41, 5.74) is 8.81. The van der Waals surface area contributed by atoms with Crippen LogP contribution in [0.2, 0.25) is 0 Å². The van der Waals surface area contributed by atoms with Crippen molar-refractivity contribution < 1.29 is 4.79 Å². The molecule has 0 aliphatic carbocycles. The van der Waals surface area contributed by atoms with Crippen LogP contribution in [0, 0.1) is 0 Å². The third-order valence-corrected chi connectivity index (χ3v) is 5.40. The van der Waals surface area contributed by atoms with Crippen molar-refractivity contribution in [2.75, 3.05) is 5.32 Å². The maximum atomic E-state index is 12.1. The minimum atomic E-state index is -0.602. The van der Waals surface area contributed by atoms with Gasteiger partial charge in [0, 0.05) is 21.9 Å². The van der Waals surface area contributed by atoms with Gasteiger partial charge in [0.25, 0.3) is 5.91 Å². The van der Waals surface area contributed by atoms with E-state index >= 15 is 0 Å². The van der Waals surface area contributed by atoms with E-state index < -0.39 is 5.91 Å². The number of aromatic nitrogens is 2. The van der Waals surface area contributed by atoms with Gasteiger partial charge in [-0.05, 0) is 28.5 Å². The molecule has 4 aromatic rings. The molecule has 4 rings (SSSR count). The van der Waals surface area contributed by atoms with E-state index in [0.29, 0.717) is 5.82 Å². The number of anilines is 2. The lowest BCUT2D eigenvalue weighted by atomic mass is 10.1. The monoisotopic (exact) mass is 495 g/mol. The Labute approximate surface area is 181 Å². The Balaban J connectivity index is 1.65. The molecule has 1 heterocycles. The van der Waals surface area contributed by atoms with Crippen LogP contribution in [0.15, 0.2) is 71.7 Å². The van der Waals surface area contributed by atoms with Crippen molar-refractivity contribution >= 4 is 62.8 Å². The zero-order chi connectivity index (χ0) is 20.2. The number of carbonyl (C=O) groups excluding carboxylic acids is 1. The van der Waals surface area contributed by atoms with E-state index in [4.69, 9.17) is 5.73 Å². The van der Waals surface area contributed by atoms with E-state index in [-0.39, 0.29) is 11.4 Å². The summed E-state index contributed by atoms with van der Waals surface area (Å²) in [4.78, 5) is 16.5. The number of halogens is 1. The first-order valence-electron chi connectivity index (χ1n) is 8.97. The third-order valence-electron chi connectivity index (χ3n) is 4.52. The average Bonchev–Trinajstić information content (AvgIpc) is 3.15. The van der Waals surface area contributed by atoms with Gasteiger partial charge >= 0.3 is 0 Å². The molecule has 0 radical (unpaired) electrons. The average molecular weight is 495 g/mol. The van der Waals surface area contributed by atoms with E-state index in [1.165, 1.54) is 5.56 Å². The molecular formula is C22H18IN5O. The van der Waals surface area contributed by atoms with Crippen LogP contribution in [0.5, 0.6) is 0 Å². The molecule has 7 heteroatoms. The van der Waals surface area contributed by atoms with Crippen LogP contribution in [0.3, 0.4) is 0 Å². The number of hydrogen-bond acceptors (Lipinski definition) is 4. The van der Waals surface area contributed by atoms with Gasteiger partial charge in [0.05, 0.1) is 0 Å². The maximum Gasteiger partial charge on any atom is 0.256 e. The Morgan fingerprint density at radius 2 is 1.86 bits per heavy atom. The fourth-order valence-corrected chi connectivity index (χ4v) is 3.57. The number of carbonyl (C=O) groups is 1. The molecule has 4 N–H and O–H groups in total. The highest BCUT2D eigenvalue weighted by Gasteiger charge is 2.18. The molecule has 0 saturated heterocycles. The van der Waals surface area contributed by atoms with Gasteiger partial charge in [-0.3, -0.25) is 9.89 Å². The SMILES string of the molecule is NC(=O)c1c(N=Cc2cccc3ccccc23)n[nH]c1Nc1ccc(CI)cc1. The van der Waals surface area contributed by atoms with Crippen LogP contribution in [-0.4, -0.2) is 22.3 Å². The molecule has 0 unspecified atom stereocenters. The number of aliphatic imine (C=N–C) groups is 1. The fourth-order valence-electron chi connectivity index (χ4n) is 3.06. The van der Waals surface area contributed by atoms with Crippen molar-refractivity contribution in [1.82, 2.24) is 10.2 Å². The number of nitrogens with one attached hydrogen (secondary N) is 2. The maximum absolute atomic E-state index is 12.1. The standard InChI is InChI=1S/C22H18IN5O/c23-12-14-8-10-17(11-9-14)26-22-19(20(24)29)21(27-28-22)25-13-16-6-3-5-15-4-1-2-7-18(15)16/h1-11,13H,12H2,(H2,24,29)(H2,26,27,28). The van der Waals surface area contributed by atoms with Crippen molar-refractivity contribution in [1.29, 1.82) is 0 Å². The van der Waals surface area contributed by atoms with E-state index in [0.717, 1.165) is 26.5 Å². The number of nitrogens with two attached hydrogens (primary N) is 1. The first-order chi connectivity index (χ1) is 14.2. The molecule has 1 aromatic heterocycles. The molecule has 3 aromatic carbocycles. The number of primary amides is 1. The predicted octanol–water partition coefficient (Wildman–Crippen LogP) is 5.09. The van der Waals surface area contributed by atoms with E-state index in [9.17, 15) is 4.79 Å². The Kier molecular flexibility index (Phi) is 5.57. The largest absolute Gasteiger partial charge is 0.365 e. The minimum absolute atomic E-state index is 0.222. The van der Waals surface area contributed by atoms with Gasteiger partial charge in [-0.15, -0.1) is 0 Å². The number of benzene rings is 3. The molecule has 0 bridgehead atoms. The Bertz CT molecular complexity index is 1190. The summed E-state index contributed by atoms with van der Waals surface area (Å²) in [7, 11) is 0. The summed E-state index contributed by atoms with van der Waals surface area (Å²) >= 11 is 2.31. The van der Waals surface area contributed by atoms with Crippen LogP contribution in [-0.2, 0) is 4.43 Å². The smallest absolute Gasteiger partial charge is 0.256 e. The highest BCUT2D eigenvalue weighted by Crippen LogP contribution is 2.27. The quantitative estimate of drug-likeness (QED) is 0.198. The second-order valence-corrected chi connectivity index (χ2v) is 7.21. The summed E-state index contributed by atoms with van der Waals surface area (Å²) in [5, 5.41) is 12.4. The molecule has 0 atom stereocenters. The Morgan fingerprint density at radius 3 is 2.62 bits per heavy atom. The Morgan fingerprint density at radius 1 is 1.10 bits per heavy atom. The van der Waals surface area contributed by atoms with E-state index in [2.05, 4.69) is 43.1 Å². The molecule has 1 amide bonds. The summed E-state index contributed by atoms with van der Waals surface area (Å²) in [6, 6.07) is 22.0. The van der Waals surface area contributed by atoms with Gasteiger partial charge in [0.1, 0.15) is 11.4 Å². The lowest BCUT2D eigenvalue weighted by molar-refractivity contribution is 0.100. The predicted molar refractivity (Wildman–Crippen MR) is 126 cm³/mol. The van der Waals surface area contributed by atoms with Crippen molar-refractivity contribution in [3.63, 3.8) is 0 Å². The lowest BCUT2D eigenvalue weighted by Crippen LogP contribution is -2.12. The van der Waals surface area contributed by atoms with Gasteiger partial charge in [0.15, 0.2) is 5.82 Å². The van der Waals surface area contributed by atoms with Crippen LogP contribution >= 0.6 is 22.6 Å². The number of aromatic amines is 1. The molecule has 0 aliphatic rings. The molecule has 0 fully saturated rings. The first-order valence-corrected chi connectivity index (χ1v) is 10.5. The molecule has 29 heavy (non-hydrogen) atoms. The van der Waals surface area contributed by atoms with E-state index in [1.54, 1.807) is 6.21 Å². The summed E-state index contributed by atoms with van der Waals surface area (Å²) in [6.45, 7) is 0. The highest BCUT2D eigenvalue weighted by molar-refractivity contribution is 14.1. The van der Waals surface area contributed by atoms with Crippen molar-refractivity contribution in [3.8, 4) is 0 Å². The van der Waals surface area contributed by atoms with Crippen LogP contribution in [0.25, 0.3) is 10.8 Å². The fraction of sp³-hybridized carbons (Fsp3) is 0.0455. The molecule has 0 aliphatic heterocycles. The third kappa shape index (κ3) is 4.14. The number of nitrogens with zero attached hydrogens (tertiary/aromatic N) is 2. The van der Waals surface area contributed by atoms with E-state index in [1.807, 2.05) is 66.7 Å². The molecular weight excluding hydrogens is 477 g/mol. The molecule has 0 spiro atoms. The normalized spacial score (nSPS) is 11.2. The number of H-pyrrole nitrogens is 1. The van der Waals surface area contributed by atoms with Crippen LogP contribution < -0.4 is 11.1 Å². The summed E-state index contributed by atoms with van der Waals surface area (Å²) in [5.74, 6) is 0.0665. The first kappa shape index (κ1) is 19.1. The van der Waals surface area contributed by atoms with Crippen LogP contribution in [0.4, 0.5) is 17.3 Å². The molecule has 6 nitrogen and oxygen atoms in total. The molecule has 0 saturated carbocycles. The van der Waals surface area contributed by atoms with Crippen LogP contribution in [0.1, 0.15) is 21.5 Å². The second-order valence-electron chi connectivity index (χ2n) is 6.44. The van der Waals surface area contributed by atoms with Gasteiger partial charge in [-0.2, -0.15) is 5.10 Å². The van der Waals surface area contributed by atoms with Gasteiger partial charge in [0.2, 0.25) is 0 Å². The van der Waals surface area contributed by atoms with Gasteiger partial charge in [-0.25, -0.2) is 4.99 Å². The summed E-state index contributed by atoms with van der Waals surface area (Å²) < 4.78 is 0.932. The van der Waals surface area contributed by atoms with Gasteiger partial charge < -0.3 is 11.1 Å². The number of hydrogen-bond donors (Lipinski definition) is 3. The number of fused-ring (bicyclic) bond motifs is 1. The van der Waals surface area contributed by atoms with Crippen molar-refractivity contribution in [2.45, 2.75) is 4.43 Å². The highest BCUT2D eigenvalue weighted by atomic mass is 127. The number of alkyl halides is 1. The Hall–Kier alpha value is -3.20. The van der Waals surface area contributed by atoms with Crippen molar-refractivity contribution in [2.24, 2.45) is 10.7 Å². The summed E-state index contributed by atoms with van der Waals surface area (Å²) in [6.07, 6.45) is 1.70. The second kappa shape index (κ2) is 8.44. The zero-order valence-corrected chi connectivity index (χ0v) is 17.6.